The maximum Gasteiger partial charge on any atom is 0.0587 e. The summed E-state index contributed by atoms with van der Waals surface area (Å²) in [5.74, 6) is 1.61. The highest BCUT2D eigenvalue weighted by Gasteiger charge is 2.37. The lowest BCUT2D eigenvalue weighted by Crippen LogP contribution is -2.21. The van der Waals surface area contributed by atoms with E-state index < -0.39 is 0 Å². The van der Waals surface area contributed by atoms with Crippen LogP contribution in [0.25, 0.3) is 0 Å². The van der Waals surface area contributed by atoms with Crippen molar-refractivity contribution in [2.24, 2.45) is 5.92 Å². The number of benzene rings is 1. The van der Waals surface area contributed by atoms with Crippen molar-refractivity contribution in [2.45, 2.75) is 26.2 Å². The van der Waals surface area contributed by atoms with Gasteiger partial charge in [-0.25, -0.2) is 0 Å². The quantitative estimate of drug-likeness (QED) is 0.763. The van der Waals surface area contributed by atoms with E-state index in [0.29, 0.717) is 0 Å². The molecule has 0 spiro atoms. The average molecular weight is 233 g/mol. The largest absolute Gasteiger partial charge is 0.383 e. The molecule has 94 valence electrons. The highest BCUT2D eigenvalue weighted by atomic mass is 16.5. The fourth-order valence-corrected chi connectivity index (χ4v) is 2.34. The van der Waals surface area contributed by atoms with Crippen LogP contribution in [-0.4, -0.2) is 26.8 Å². The summed E-state index contributed by atoms with van der Waals surface area (Å²) in [5, 5.41) is 3.45. The van der Waals surface area contributed by atoms with Crippen LogP contribution in [0.5, 0.6) is 0 Å². The lowest BCUT2D eigenvalue weighted by atomic mass is 10.0. The summed E-state index contributed by atoms with van der Waals surface area (Å²) in [4.78, 5) is 0. The van der Waals surface area contributed by atoms with Gasteiger partial charge < -0.3 is 10.1 Å². The first-order valence-corrected chi connectivity index (χ1v) is 6.49. The second kappa shape index (κ2) is 5.65. The van der Waals surface area contributed by atoms with Gasteiger partial charge in [0, 0.05) is 13.7 Å². The predicted molar refractivity (Wildman–Crippen MR) is 71.5 cm³/mol. The van der Waals surface area contributed by atoms with Crippen LogP contribution in [0.1, 0.15) is 29.0 Å². The summed E-state index contributed by atoms with van der Waals surface area (Å²) in [6.07, 6.45) is 1.34. The van der Waals surface area contributed by atoms with E-state index in [0.717, 1.165) is 31.5 Å². The molecule has 1 saturated carbocycles. The number of aryl methyl sites for hydroxylation is 2. The molecule has 2 nitrogen and oxygen atoms in total. The second-order valence-electron chi connectivity index (χ2n) is 5.14. The van der Waals surface area contributed by atoms with Crippen LogP contribution < -0.4 is 5.32 Å². The number of hydrogen-bond donors (Lipinski definition) is 1. The molecule has 0 amide bonds. The van der Waals surface area contributed by atoms with Crippen molar-refractivity contribution >= 4 is 0 Å². The van der Waals surface area contributed by atoms with Gasteiger partial charge in [-0.15, -0.1) is 0 Å². The van der Waals surface area contributed by atoms with Crippen molar-refractivity contribution in [2.75, 3.05) is 26.8 Å². The lowest BCUT2D eigenvalue weighted by Gasteiger charge is -2.06. The highest BCUT2D eigenvalue weighted by molar-refractivity contribution is 5.34. The fourth-order valence-electron chi connectivity index (χ4n) is 2.34. The summed E-state index contributed by atoms with van der Waals surface area (Å²) >= 11 is 0. The molecule has 1 fully saturated rings. The van der Waals surface area contributed by atoms with E-state index in [1.54, 1.807) is 7.11 Å². The van der Waals surface area contributed by atoms with Crippen LogP contribution in [0.2, 0.25) is 0 Å². The molecular formula is C15H23NO. The van der Waals surface area contributed by atoms with Gasteiger partial charge in [-0.05, 0) is 55.3 Å². The summed E-state index contributed by atoms with van der Waals surface area (Å²) in [7, 11) is 1.75. The Balaban J connectivity index is 1.79. The first kappa shape index (κ1) is 12.6. The van der Waals surface area contributed by atoms with E-state index in [1.165, 1.54) is 23.1 Å². The number of methoxy groups -OCH3 is 1. The van der Waals surface area contributed by atoms with Crippen molar-refractivity contribution in [3.05, 3.63) is 34.9 Å². The summed E-state index contributed by atoms with van der Waals surface area (Å²) < 4.78 is 5.02. The van der Waals surface area contributed by atoms with Crippen LogP contribution in [0.15, 0.2) is 18.2 Å². The topological polar surface area (TPSA) is 21.3 Å². The van der Waals surface area contributed by atoms with E-state index in [2.05, 4.69) is 37.4 Å². The maximum absolute atomic E-state index is 5.02. The van der Waals surface area contributed by atoms with Crippen LogP contribution in [0.3, 0.4) is 0 Å². The molecule has 2 rings (SSSR count). The predicted octanol–water partition coefficient (Wildman–Crippen LogP) is 2.64. The Kier molecular flexibility index (Phi) is 4.19. The molecule has 0 radical (unpaired) electrons. The third kappa shape index (κ3) is 3.30. The minimum atomic E-state index is 0.782. The van der Waals surface area contributed by atoms with Crippen molar-refractivity contribution in [1.29, 1.82) is 0 Å². The van der Waals surface area contributed by atoms with E-state index in [4.69, 9.17) is 4.74 Å². The van der Waals surface area contributed by atoms with E-state index in [9.17, 15) is 0 Å². The van der Waals surface area contributed by atoms with Gasteiger partial charge in [-0.3, -0.25) is 0 Å². The molecule has 1 aromatic carbocycles. The lowest BCUT2D eigenvalue weighted by molar-refractivity contribution is 0.199. The van der Waals surface area contributed by atoms with Gasteiger partial charge in [0.1, 0.15) is 0 Å². The van der Waals surface area contributed by atoms with Crippen molar-refractivity contribution in [1.82, 2.24) is 5.32 Å². The van der Waals surface area contributed by atoms with Crippen LogP contribution >= 0.6 is 0 Å². The molecule has 2 unspecified atom stereocenters. The SMILES string of the molecule is COCCNCC1CC1c1ccc(C)c(C)c1. The Morgan fingerprint density at radius 3 is 2.82 bits per heavy atom. The molecule has 0 aliphatic heterocycles. The Bertz CT molecular complexity index is 375. The zero-order valence-corrected chi connectivity index (χ0v) is 11.1. The molecule has 0 bridgehead atoms. The minimum absolute atomic E-state index is 0.782. The summed E-state index contributed by atoms with van der Waals surface area (Å²) in [6.45, 7) is 7.28. The molecule has 2 atom stereocenters. The summed E-state index contributed by atoms with van der Waals surface area (Å²) in [6, 6.07) is 6.90. The number of ether oxygens (including phenoxy) is 1. The normalized spacial score (nSPS) is 22.8. The third-order valence-corrected chi connectivity index (χ3v) is 3.77. The molecule has 0 saturated heterocycles. The molecule has 1 aromatic rings. The van der Waals surface area contributed by atoms with Gasteiger partial charge in [-0.2, -0.15) is 0 Å². The third-order valence-electron chi connectivity index (χ3n) is 3.77. The smallest absolute Gasteiger partial charge is 0.0587 e. The zero-order valence-electron chi connectivity index (χ0n) is 11.1. The number of hydrogen-bond acceptors (Lipinski definition) is 2. The van der Waals surface area contributed by atoms with Gasteiger partial charge in [-0.1, -0.05) is 18.2 Å². The van der Waals surface area contributed by atoms with Gasteiger partial charge in [0.25, 0.3) is 0 Å². The Morgan fingerprint density at radius 1 is 1.29 bits per heavy atom. The first-order chi connectivity index (χ1) is 8.22. The van der Waals surface area contributed by atoms with E-state index >= 15 is 0 Å². The van der Waals surface area contributed by atoms with Gasteiger partial charge in [0.15, 0.2) is 0 Å². The average Bonchev–Trinajstić information content (AvgIpc) is 3.08. The molecule has 0 heterocycles. The standard InChI is InChI=1S/C15H23NO/c1-11-4-5-13(8-12(11)2)15-9-14(15)10-16-6-7-17-3/h4-5,8,14-16H,6-7,9-10H2,1-3H3. The zero-order chi connectivity index (χ0) is 12.3. The van der Waals surface area contributed by atoms with Crippen molar-refractivity contribution in [3.63, 3.8) is 0 Å². The van der Waals surface area contributed by atoms with Crippen molar-refractivity contribution < 1.29 is 4.74 Å². The second-order valence-corrected chi connectivity index (χ2v) is 5.14. The molecular weight excluding hydrogens is 210 g/mol. The van der Waals surface area contributed by atoms with E-state index in [1.807, 2.05) is 0 Å². The van der Waals surface area contributed by atoms with Crippen LogP contribution in [-0.2, 0) is 4.74 Å². The Morgan fingerprint density at radius 2 is 2.12 bits per heavy atom. The Labute approximate surface area is 104 Å². The number of rotatable bonds is 6. The van der Waals surface area contributed by atoms with Gasteiger partial charge in [0.05, 0.1) is 6.61 Å². The maximum atomic E-state index is 5.02. The summed E-state index contributed by atoms with van der Waals surface area (Å²) in [5.41, 5.74) is 4.33. The van der Waals surface area contributed by atoms with E-state index in [-0.39, 0.29) is 0 Å². The fraction of sp³-hybridized carbons (Fsp3) is 0.600. The van der Waals surface area contributed by atoms with Crippen molar-refractivity contribution in [3.8, 4) is 0 Å². The molecule has 1 aliphatic rings. The number of nitrogens with one attached hydrogen (secondary N) is 1. The molecule has 17 heavy (non-hydrogen) atoms. The van der Waals surface area contributed by atoms with Crippen LogP contribution in [0.4, 0.5) is 0 Å². The first-order valence-electron chi connectivity index (χ1n) is 6.49. The van der Waals surface area contributed by atoms with Crippen LogP contribution in [0, 0.1) is 19.8 Å². The monoisotopic (exact) mass is 233 g/mol. The molecule has 1 aliphatic carbocycles. The molecule has 0 aromatic heterocycles. The highest BCUT2D eigenvalue weighted by Crippen LogP contribution is 2.47. The Hall–Kier alpha value is -0.860. The van der Waals surface area contributed by atoms with Gasteiger partial charge >= 0.3 is 0 Å². The molecule has 1 N–H and O–H groups in total. The molecule has 2 heteroatoms. The minimum Gasteiger partial charge on any atom is -0.383 e. The van der Waals surface area contributed by atoms with Gasteiger partial charge in [0.2, 0.25) is 0 Å².